The molecule has 94 valence electrons. The summed E-state index contributed by atoms with van der Waals surface area (Å²) in [6.07, 6.45) is -0.467. The van der Waals surface area contributed by atoms with Crippen molar-refractivity contribution in [1.29, 1.82) is 0 Å². The number of carbonyl (C=O) groups excluding carboxylic acids is 1. The molecule has 1 aromatic rings. The number of rotatable bonds is 2. The lowest BCUT2D eigenvalue weighted by molar-refractivity contribution is 0.0565. The Labute approximate surface area is 102 Å². The predicted molar refractivity (Wildman–Crippen MR) is 68.6 cm³/mol. The van der Waals surface area contributed by atoms with Gasteiger partial charge in [0.2, 0.25) is 0 Å². The average molecular weight is 237 g/mol. The lowest BCUT2D eigenvalue weighted by atomic mass is 10.2. The van der Waals surface area contributed by atoms with Crippen LogP contribution in [0, 0.1) is 0 Å². The van der Waals surface area contributed by atoms with Gasteiger partial charge in [0.05, 0.1) is 5.69 Å². The highest BCUT2D eigenvalue weighted by Crippen LogP contribution is 2.18. The lowest BCUT2D eigenvalue weighted by Gasteiger charge is -2.26. The number of hydrogen-bond acceptors (Lipinski definition) is 4. The van der Waals surface area contributed by atoms with Gasteiger partial charge in [0, 0.05) is 12.7 Å². The van der Waals surface area contributed by atoms with Crippen LogP contribution in [0.4, 0.5) is 16.2 Å². The first-order chi connectivity index (χ1) is 7.83. The Morgan fingerprint density at radius 3 is 2.53 bits per heavy atom. The van der Waals surface area contributed by atoms with Crippen LogP contribution >= 0.6 is 0 Å². The normalized spacial score (nSPS) is 11.1. The zero-order valence-electron chi connectivity index (χ0n) is 10.7. The zero-order valence-corrected chi connectivity index (χ0v) is 10.7. The first-order valence-electron chi connectivity index (χ1n) is 5.39. The molecule has 1 amide bonds. The number of hydrazine groups is 1. The van der Waals surface area contributed by atoms with Gasteiger partial charge < -0.3 is 10.5 Å². The third-order valence-corrected chi connectivity index (χ3v) is 1.93. The van der Waals surface area contributed by atoms with Gasteiger partial charge in [-0.05, 0) is 39.0 Å². The third kappa shape index (κ3) is 3.96. The second kappa shape index (κ2) is 5.05. The fourth-order valence-electron chi connectivity index (χ4n) is 1.30. The van der Waals surface area contributed by atoms with Gasteiger partial charge in [0.15, 0.2) is 0 Å². The maximum Gasteiger partial charge on any atom is 0.429 e. The summed E-state index contributed by atoms with van der Waals surface area (Å²) in [6.45, 7) is 5.45. The van der Waals surface area contributed by atoms with Gasteiger partial charge in [0.25, 0.3) is 0 Å². The Morgan fingerprint density at radius 2 is 2.06 bits per heavy atom. The van der Waals surface area contributed by atoms with Crippen LogP contribution < -0.4 is 16.2 Å². The van der Waals surface area contributed by atoms with E-state index in [0.29, 0.717) is 11.4 Å². The number of carbonyl (C=O) groups is 1. The Balaban J connectivity index is 2.88. The molecule has 0 aromatic heterocycles. The molecule has 0 aliphatic heterocycles. The quantitative estimate of drug-likeness (QED) is 0.611. The van der Waals surface area contributed by atoms with Crippen LogP contribution in [-0.4, -0.2) is 18.7 Å². The van der Waals surface area contributed by atoms with Crippen LogP contribution in [0.3, 0.4) is 0 Å². The molecule has 1 rings (SSSR count). The monoisotopic (exact) mass is 237 g/mol. The number of amides is 1. The van der Waals surface area contributed by atoms with Crippen LogP contribution in [0.2, 0.25) is 0 Å². The molecule has 5 nitrogen and oxygen atoms in total. The summed E-state index contributed by atoms with van der Waals surface area (Å²) < 4.78 is 5.27. The van der Waals surface area contributed by atoms with Crippen LogP contribution in [0.1, 0.15) is 20.8 Å². The Hall–Kier alpha value is -1.75. The summed E-state index contributed by atoms with van der Waals surface area (Å²) in [4.78, 5) is 11.9. The number of nitrogens with two attached hydrogens (primary N) is 1. The Bertz CT molecular complexity index is 399. The van der Waals surface area contributed by atoms with E-state index >= 15 is 0 Å². The third-order valence-electron chi connectivity index (χ3n) is 1.93. The first kappa shape index (κ1) is 13.3. The van der Waals surface area contributed by atoms with Crippen molar-refractivity contribution in [3.63, 3.8) is 0 Å². The first-order valence-corrected chi connectivity index (χ1v) is 5.39. The minimum Gasteiger partial charge on any atom is -0.442 e. The molecule has 0 unspecified atom stereocenters. The molecule has 1 aromatic carbocycles. The van der Waals surface area contributed by atoms with E-state index in [9.17, 15) is 4.79 Å². The Kier molecular flexibility index (Phi) is 3.96. The molecule has 3 N–H and O–H groups in total. The molecule has 0 spiro atoms. The van der Waals surface area contributed by atoms with Crippen LogP contribution in [0.5, 0.6) is 0 Å². The summed E-state index contributed by atoms with van der Waals surface area (Å²) in [5.41, 5.74) is 9.14. The van der Waals surface area contributed by atoms with Gasteiger partial charge in [-0.3, -0.25) is 0 Å². The summed E-state index contributed by atoms with van der Waals surface area (Å²) >= 11 is 0. The van der Waals surface area contributed by atoms with Gasteiger partial charge >= 0.3 is 6.09 Å². The molecule has 0 saturated heterocycles. The smallest absolute Gasteiger partial charge is 0.429 e. The molecule has 17 heavy (non-hydrogen) atoms. The van der Waals surface area contributed by atoms with E-state index in [1.54, 1.807) is 31.3 Å². The largest absolute Gasteiger partial charge is 0.442 e. The summed E-state index contributed by atoms with van der Waals surface area (Å²) in [6, 6.07) is 7.00. The van der Waals surface area contributed by atoms with E-state index < -0.39 is 11.7 Å². The number of nitrogens with zero attached hydrogens (tertiary/aromatic N) is 1. The molecule has 0 saturated carbocycles. The topological polar surface area (TPSA) is 67.6 Å². The number of anilines is 2. The van der Waals surface area contributed by atoms with Crippen molar-refractivity contribution in [2.45, 2.75) is 26.4 Å². The van der Waals surface area contributed by atoms with Crippen LogP contribution in [0.15, 0.2) is 24.3 Å². The molecular formula is C12H19N3O2. The molecule has 0 aliphatic rings. The SMILES string of the molecule is CNN(C(=O)OC(C)(C)C)c1cccc(N)c1. The number of hydrogen-bond donors (Lipinski definition) is 2. The van der Waals surface area contributed by atoms with E-state index in [4.69, 9.17) is 10.5 Å². The van der Waals surface area contributed by atoms with Gasteiger partial charge in [0.1, 0.15) is 5.60 Å². The van der Waals surface area contributed by atoms with E-state index in [1.807, 2.05) is 20.8 Å². The summed E-state index contributed by atoms with van der Waals surface area (Å²) in [5, 5.41) is 1.31. The highest BCUT2D eigenvalue weighted by atomic mass is 16.6. The fourth-order valence-corrected chi connectivity index (χ4v) is 1.30. The minimum atomic E-state index is -0.535. The van der Waals surface area contributed by atoms with Crippen LogP contribution in [0.25, 0.3) is 0 Å². The molecule has 0 fully saturated rings. The van der Waals surface area contributed by atoms with Crippen molar-refractivity contribution in [3.8, 4) is 0 Å². The molecule has 0 aliphatic carbocycles. The molecule has 5 heteroatoms. The van der Waals surface area contributed by atoms with Crippen molar-refractivity contribution in [2.75, 3.05) is 17.8 Å². The molecule has 0 heterocycles. The van der Waals surface area contributed by atoms with E-state index in [1.165, 1.54) is 5.01 Å². The maximum absolute atomic E-state index is 11.9. The molecular weight excluding hydrogens is 218 g/mol. The highest BCUT2D eigenvalue weighted by Gasteiger charge is 2.22. The van der Waals surface area contributed by atoms with E-state index in [-0.39, 0.29) is 0 Å². The summed E-state index contributed by atoms with van der Waals surface area (Å²) in [5.74, 6) is 0. The number of ether oxygens (including phenoxy) is 1. The average Bonchev–Trinajstić information content (AvgIpc) is 2.15. The van der Waals surface area contributed by atoms with Crippen molar-refractivity contribution < 1.29 is 9.53 Å². The second-order valence-electron chi connectivity index (χ2n) is 4.63. The molecule has 0 bridgehead atoms. The maximum atomic E-state index is 11.9. The van der Waals surface area contributed by atoms with Crippen molar-refractivity contribution >= 4 is 17.5 Å². The van der Waals surface area contributed by atoms with Crippen molar-refractivity contribution in [2.24, 2.45) is 0 Å². The number of nitrogens with one attached hydrogen (secondary N) is 1. The molecule has 0 atom stereocenters. The van der Waals surface area contributed by atoms with Crippen LogP contribution in [-0.2, 0) is 4.74 Å². The van der Waals surface area contributed by atoms with Gasteiger partial charge in [-0.15, -0.1) is 0 Å². The highest BCUT2D eigenvalue weighted by molar-refractivity contribution is 5.87. The van der Waals surface area contributed by atoms with Gasteiger partial charge in [-0.25, -0.2) is 15.2 Å². The van der Waals surface area contributed by atoms with E-state index in [0.717, 1.165) is 0 Å². The molecule has 0 radical (unpaired) electrons. The lowest BCUT2D eigenvalue weighted by Crippen LogP contribution is -2.44. The van der Waals surface area contributed by atoms with Crippen molar-refractivity contribution in [1.82, 2.24) is 5.43 Å². The second-order valence-corrected chi connectivity index (χ2v) is 4.63. The number of benzene rings is 1. The Morgan fingerprint density at radius 1 is 1.41 bits per heavy atom. The van der Waals surface area contributed by atoms with Gasteiger partial charge in [-0.2, -0.15) is 0 Å². The zero-order chi connectivity index (χ0) is 13.1. The van der Waals surface area contributed by atoms with Gasteiger partial charge in [-0.1, -0.05) is 6.07 Å². The minimum absolute atomic E-state index is 0.467. The van der Waals surface area contributed by atoms with E-state index in [2.05, 4.69) is 5.43 Å². The number of nitrogen functional groups attached to an aromatic ring is 1. The van der Waals surface area contributed by atoms with Crippen molar-refractivity contribution in [3.05, 3.63) is 24.3 Å². The fraction of sp³-hybridized carbons (Fsp3) is 0.417. The summed E-state index contributed by atoms with van der Waals surface area (Å²) in [7, 11) is 1.65. The standard InChI is InChI=1S/C12H19N3O2/c1-12(2,3)17-11(16)15(14-4)10-7-5-6-9(13)8-10/h5-8,14H,13H2,1-4H3. The predicted octanol–water partition coefficient (Wildman–Crippen LogP) is 2.14.